The Balaban J connectivity index is 1.96. The zero-order valence-corrected chi connectivity index (χ0v) is 12.9. The summed E-state index contributed by atoms with van der Waals surface area (Å²) in [5, 5.41) is 9.51. The number of nitrogens with zero attached hydrogens (tertiary/aromatic N) is 1. The lowest BCUT2D eigenvalue weighted by Gasteiger charge is -2.30. The molecule has 0 aliphatic carbocycles. The number of carbonyl (C=O) groups is 1. The molecule has 1 atom stereocenters. The van der Waals surface area contributed by atoms with Gasteiger partial charge >= 0.3 is 0 Å². The fourth-order valence-corrected chi connectivity index (χ4v) is 2.83. The summed E-state index contributed by atoms with van der Waals surface area (Å²) >= 11 is 0. The third-order valence-corrected chi connectivity index (χ3v) is 4.32. The Bertz CT molecular complexity index is 450. The van der Waals surface area contributed by atoms with Gasteiger partial charge in [-0.15, -0.1) is 0 Å². The lowest BCUT2D eigenvalue weighted by Crippen LogP contribution is -2.40. The summed E-state index contributed by atoms with van der Waals surface area (Å²) in [6.45, 7) is 3.47. The molecule has 1 N–H and O–H groups in total. The third kappa shape index (κ3) is 4.21. The molecule has 1 aromatic carbocycles. The fraction of sp³-hybridized carbons (Fsp3) is 0.588. The molecule has 0 bridgehead atoms. The number of piperidine rings is 1. The van der Waals surface area contributed by atoms with Crippen LogP contribution in [0.4, 0.5) is 0 Å². The van der Waals surface area contributed by atoms with Crippen LogP contribution >= 0.6 is 0 Å². The number of carbonyl (C=O) groups excluding carboxylic acids is 1. The lowest BCUT2D eigenvalue weighted by molar-refractivity contribution is -0.133. The van der Waals surface area contributed by atoms with E-state index in [9.17, 15) is 9.90 Å². The van der Waals surface area contributed by atoms with E-state index in [1.807, 2.05) is 29.2 Å². The molecule has 1 amide bonds. The van der Waals surface area contributed by atoms with E-state index in [4.69, 9.17) is 4.74 Å². The molecule has 1 aromatic rings. The number of rotatable bonds is 5. The summed E-state index contributed by atoms with van der Waals surface area (Å²) in [6.07, 6.45) is 2.64. The van der Waals surface area contributed by atoms with E-state index in [1.165, 1.54) is 5.56 Å². The SMILES string of the molecule is CCC(CC(=O)N1CCC(O)CC1)c1ccc(OC)cc1. The van der Waals surface area contributed by atoms with Gasteiger partial charge in [-0.2, -0.15) is 0 Å². The third-order valence-electron chi connectivity index (χ3n) is 4.32. The number of hydrogen-bond donors (Lipinski definition) is 1. The first-order valence-electron chi connectivity index (χ1n) is 7.73. The van der Waals surface area contributed by atoms with Gasteiger partial charge in [-0.25, -0.2) is 0 Å². The van der Waals surface area contributed by atoms with Gasteiger partial charge in [0.25, 0.3) is 0 Å². The molecule has 1 saturated heterocycles. The Morgan fingerprint density at radius 2 is 1.95 bits per heavy atom. The van der Waals surface area contributed by atoms with Crippen molar-refractivity contribution in [3.63, 3.8) is 0 Å². The quantitative estimate of drug-likeness (QED) is 0.907. The van der Waals surface area contributed by atoms with Gasteiger partial charge in [0.15, 0.2) is 0 Å². The molecular formula is C17H25NO3. The molecule has 116 valence electrons. The molecule has 4 heteroatoms. The monoisotopic (exact) mass is 291 g/mol. The molecule has 0 radical (unpaired) electrons. The van der Waals surface area contributed by atoms with Crippen molar-refractivity contribution in [2.24, 2.45) is 0 Å². The average molecular weight is 291 g/mol. The number of aliphatic hydroxyl groups excluding tert-OH is 1. The van der Waals surface area contributed by atoms with Crippen molar-refractivity contribution in [3.05, 3.63) is 29.8 Å². The van der Waals surface area contributed by atoms with Gasteiger partial charge in [0.05, 0.1) is 13.2 Å². The van der Waals surface area contributed by atoms with E-state index in [1.54, 1.807) is 7.11 Å². The van der Waals surface area contributed by atoms with Gasteiger partial charge in [0, 0.05) is 19.5 Å². The minimum absolute atomic E-state index is 0.199. The zero-order chi connectivity index (χ0) is 15.2. The van der Waals surface area contributed by atoms with E-state index in [0.29, 0.717) is 32.4 Å². The first-order chi connectivity index (χ1) is 10.1. The number of hydrogen-bond acceptors (Lipinski definition) is 3. The zero-order valence-electron chi connectivity index (χ0n) is 12.9. The Hall–Kier alpha value is -1.55. The highest BCUT2D eigenvalue weighted by molar-refractivity contribution is 5.77. The van der Waals surface area contributed by atoms with E-state index in [2.05, 4.69) is 6.92 Å². The smallest absolute Gasteiger partial charge is 0.223 e. The molecule has 1 heterocycles. The number of aliphatic hydroxyl groups is 1. The standard InChI is InChI=1S/C17H25NO3/c1-3-13(14-4-6-16(21-2)7-5-14)12-17(20)18-10-8-15(19)9-11-18/h4-7,13,15,19H,3,8-12H2,1-2H3. The summed E-state index contributed by atoms with van der Waals surface area (Å²) in [5.74, 6) is 1.28. The van der Waals surface area contributed by atoms with Crippen LogP contribution in [-0.2, 0) is 4.79 Å². The summed E-state index contributed by atoms with van der Waals surface area (Å²) < 4.78 is 5.17. The normalized spacial score (nSPS) is 17.6. The predicted molar refractivity (Wildman–Crippen MR) is 82.5 cm³/mol. The highest BCUT2D eigenvalue weighted by Gasteiger charge is 2.23. The molecule has 0 spiro atoms. The Kier molecular flexibility index (Phi) is 5.62. The van der Waals surface area contributed by atoms with E-state index >= 15 is 0 Å². The Morgan fingerprint density at radius 3 is 2.48 bits per heavy atom. The maximum Gasteiger partial charge on any atom is 0.223 e. The van der Waals surface area contributed by atoms with Crippen LogP contribution < -0.4 is 4.74 Å². The number of benzene rings is 1. The minimum Gasteiger partial charge on any atom is -0.497 e. The first kappa shape index (κ1) is 15.8. The minimum atomic E-state index is -0.238. The van der Waals surface area contributed by atoms with Crippen LogP contribution in [0.3, 0.4) is 0 Å². The lowest BCUT2D eigenvalue weighted by atomic mass is 9.92. The first-order valence-corrected chi connectivity index (χ1v) is 7.73. The second kappa shape index (κ2) is 7.46. The average Bonchev–Trinajstić information content (AvgIpc) is 2.53. The molecule has 21 heavy (non-hydrogen) atoms. The molecule has 2 rings (SSSR count). The van der Waals surface area contributed by atoms with Gasteiger partial charge in [0.2, 0.25) is 5.91 Å². The van der Waals surface area contributed by atoms with Crippen LogP contribution in [0.5, 0.6) is 5.75 Å². The second-order valence-corrected chi connectivity index (χ2v) is 5.69. The van der Waals surface area contributed by atoms with Crippen LogP contribution in [-0.4, -0.2) is 42.2 Å². The van der Waals surface area contributed by atoms with Crippen molar-refractivity contribution in [1.29, 1.82) is 0 Å². The molecule has 0 aromatic heterocycles. The van der Waals surface area contributed by atoms with Crippen LogP contribution in [0.25, 0.3) is 0 Å². The van der Waals surface area contributed by atoms with Crippen LogP contribution in [0, 0.1) is 0 Å². The summed E-state index contributed by atoms with van der Waals surface area (Å²) in [4.78, 5) is 14.3. The largest absolute Gasteiger partial charge is 0.497 e. The van der Waals surface area contributed by atoms with Gasteiger partial charge in [-0.05, 0) is 42.9 Å². The van der Waals surface area contributed by atoms with E-state index in [0.717, 1.165) is 12.2 Å². The van der Waals surface area contributed by atoms with Crippen molar-refractivity contribution >= 4 is 5.91 Å². The van der Waals surface area contributed by atoms with Crippen LogP contribution in [0.15, 0.2) is 24.3 Å². The van der Waals surface area contributed by atoms with Gasteiger partial charge in [0.1, 0.15) is 5.75 Å². The molecule has 0 saturated carbocycles. The molecule has 1 fully saturated rings. The van der Waals surface area contributed by atoms with Crippen molar-refractivity contribution in [2.45, 2.75) is 44.6 Å². The Morgan fingerprint density at radius 1 is 1.33 bits per heavy atom. The summed E-state index contributed by atoms with van der Waals surface area (Å²) in [6, 6.07) is 7.97. The highest BCUT2D eigenvalue weighted by atomic mass is 16.5. The summed E-state index contributed by atoms with van der Waals surface area (Å²) in [7, 11) is 1.65. The molecule has 1 aliphatic heterocycles. The van der Waals surface area contributed by atoms with Gasteiger partial charge in [-0.3, -0.25) is 4.79 Å². The summed E-state index contributed by atoms with van der Waals surface area (Å²) in [5.41, 5.74) is 1.18. The van der Waals surface area contributed by atoms with Crippen LogP contribution in [0.1, 0.15) is 44.1 Å². The maximum absolute atomic E-state index is 12.4. The van der Waals surface area contributed by atoms with Crippen molar-refractivity contribution < 1.29 is 14.6 Å². The molecule has 4 nitrogen and oxygen atoms in total. The number of amides is 1. The molecule has 1 unspecified atom stereocenters. The van der Waals surface area contributed by atoms with Crippen molar-refractivity contribution in [3.8, 4) is 5.75 Å². The van der Waals surface area contributed by atoms with E-state index in [-0.39, 0.29) is 17.9 Å². The maximum atomic E-state index is 12.4. The second-order valence-electron chi connectivity index (χ2n) is 5.69. The van der Waals surface area contributed by atoms with Gasteiger partial charge < -0.3 is 14.7 Å². The molecule has 1 aliphatic rings. The van der Waals surface area contributed by atoms with Crippen molar-refractivity contribution in [2.75, 3.05) is 20.2 Å². The van der Waals surface area contributed by atoms with Crippen molar-refractivity contribution in [1.82, 2.24) is 4.90 Å². The number of likely N-dealkylation sites (tertiary alicyclic amines) is 1. The molecular weight excluding hydrogens is 266 g/mol. The number of ether oxygens (including phenoxy) is 1. The Labute approximate surface area is 126 Å². The highest BCUT2D eigenvalue weighted by Crippen LogP contribution is 2.26. The van der Waals surface area contributed by atoms with Crippen LogP contribution in [0.2, 0.25) is 0 Å². The fourth-order valence-electron chi connectivity index (χ4n) is 2.83. The predicted octanol–water partition coefficient (Wildman–Crippen LogP) is 2.56. The topological polar surface area (TPSA) is 49.8 Å². The van der Waals surface area contributed by atoms with E-state index < -0.39 is 0 Å². The number of methoxy groups -OCH3 is 1. The van der Waals surface area contributed by atoms with Gasteiger partial charge in [-0.1, -0.05) is 19.1 Å².